The molecule has 1 saturated heterocycles. The highest BCUT2D eigenvalue weighted by Gasteiger charge is 2.32. The first-order valence-electron chi connectivity index (χ1n) is 12.5. The second kappa shape index (κ2) is 10.3. The first-order valence-corrected chi connectivity index (χ1v) is 13.9. The molecule has 0 bridgehead atoms. The average Bonchev–Trinajstić information content (AvgIpc) is 2.93. The maximum atomic E-state index is 14.6. The normalized spacial score (nSPS) is 15.2. The van der Waals surface area contributed by atoms with E-state index >= 15 is 0 Å². The molecule has 2 aromatic heterocycles. The molecule has 10 heteroatoms. The fraction of sp³-hybridized carbons (Fsp3) is 0.286. The predicted molar refractivity (Wildman–Crippen MR) is 143 cm³/mol. The minimum Gasteiger partial charge on any atom is -0.369 e. The van der Waals surface area contributed by atoms with Crippen LogP contribution in [0.3, 0.4) is 0 Å². The molecule has 0 amide bonds. The van der Waals surface area contributed by atoms with Crippen LogP contribution in [-0.4, -0.2) is 48.9 Å². The number of nitrogens with zero attached hydrogens (tertiary/aromatic N) is 3. The summed E-state index contributed by atoms with van der Waals surface area (Å²) in [4.78, 5) is 20.9. The Bertz CT molecular complexity index is 1600. The Balaban J connectivity index is 1.32. The molecular formula is C28H28F2N4O3S. The van der Waals surface area contributed by atoms with E-state index in [0.717, 1.165) is 22.9 Å². The third-order valence-corrected chi connectivity index (χ3v) is 8.89. The Hall–Kier alpha value is -3.63. The quantitative estimate of drug-likeness (QED) is 0.374. The van der Waals surface area contributed by atoms with Crippen LogP contribution in [0, 0.1) is 0 Å². The van der Waals surface area contributed by atoms with Crippen LogP contribution in [0.15, 0.2) is 82.7 Å². The van der Waals surface area contributed by atoms with E-state index in [2.05, 4.69) is 14.9 Å². The fourth-order valence-electron chi connectivity index (χ4n) is 4.81. The van der Waals surface area contributed by atoms with Crippen LogP contribution in [0.5, 0.6) is 0 Å². The van der Waals surface area contributed by atoms with E-state index in [-0.39, 0.29) is 10.5 Å². The van der Waals surface area contributed by atoms with Gasteiger partial charge in [0.2, 0.25) is 15.6 Å². The number of pyridine rings is 2. The van der Waals surface area contributed by atoms with Crippen LogP contribution in [0.1, 0.15) is 30.0 Å². The van der Waals surface area contributed by atoms with Crippen molar-refractivity contribution in [3.8, 4) is 0 Å². The molecule has 1 aliphatic heterocycles. The molecule has 0 radical (unpaired) electrons. The number of piperazine rings is 1. The molecule has 1 aliphatic rings. The molecule has 7 nitrogen and oxygen atoms in total. The van der Waals surface area contributed by atoms with Crippen LogP contribution >= 0.6 is 0 Å². The number of nitrogens with one attached hydrogen (secondary N) is 1. The van der Waals surface area contributed by atoms with Gasteiger partial charge in [0.15, 0.2) is 0 Å². The van der Waals surface area contributed by atoms with E-state index in [9.17, 15) is 22.0 Å². The summed E-state index contributed by atoms with van der Waals surface area (Å²) in [5.41, 5.74) is 2.15. The summed E-state index contributed by atoms with van der Waals surface area (Å²) in [5.74, 6) is -3.12. The van der Waals surface area contributed by atoms with E-state index in [4.69, 9.17) is 0 Å². The van der Waals surface area contributed by atoms with Crippen molar-refractivity contribution in [1.29, 1.82) is 0 Å². The van der Waals surface area contributed by atoms with E-state index in [0.29, 0.717) is 43.5 Å². The number of fused-ring (bicyclic) bond motifs is 1. The number of anilines is 1. The van der Waals surface area contributed by atoms with E-state index in [1.165, 1.54) is 11.2 Å². The van der Waals surface area contributed by atoms with E-state index in [1.54, 1.807) is 54.9 Å². The maximum Gasteiger partial charge on any atom is 0.273 e. The van der Waals surface area contributed by atoms with Gasteiger partial charge in [-0.25, -0.2) is 17.2 Å². The van der Waals surface area contributed by atoms with Crippen molar-refractivity contribution in [2.24, 2.45) is 0 Å². The van der Waals surface area contributed by atoms with Crippen molar-refractivity contribution in [3.05, 3.63) is 100 Å². The lowest BCUT2D eigenvalue weighted by Gasteiger charge is -2.35. The van der Waals surface area contributed by atoms with Gasteiger partial charge in [-0.3, -0.25) is 9.78 Å². The molecule has 0 atom stereocenters. The number of aromatic amines is 1. The average molecular weight is 539 g/mol. The first kappa shape index (κ1) is 26.0. The number of hydrogen-bond donors (Lipinski definition) is 1. The monoisotopic (exact) mass is 538 g/mol. The Morgan fingerprint density at radius 2 is 1.58 bits per heavy atom. The van der Waals surface area contributed by atoms with E-state index < -0.39 is 27.9 Å². The highest BCUT2D eigenvalue weighted by molar-refractivity contribution is 7.89. The molecule has 38 heavy (non-hydrogen) atoms. The lowest BCUT2D eigenvalue weighted by molar-refractivity contribution is -0.00686. The molecule has 0 aliphatic carbocycles. The number of alkyl halides is 2. The minimum absolute atomic E-state index is 0.222. The van der Waals surface area contributed by atoms with Crippen LogP contribution < -0.4 is 10.5 Å². The molecule has 3 heterocycles. The van der Waals surface area contributed by atoms with Crippen LogP contribution in [0.4, 0.5) is 14.5 Å². The van der Waals surface area contributed by atoms with E-state index in [1.807, 2.05) is 12.1 Å². The minimum atomic E-state index is -3.64. The van der Waals surface area contributed by atoms with Crippen LogP contribution in [-0.2, 0) is 22.4 Å². The van der Waals surface area contributed by atoms with Gasteiger partial charge >= 0.3 is 0 Å². The van der Waals surface area contributed by atoms with Crippen LogP contribution in [0.2, 0.25) is 0 Å². The highest BCUT2D eigenvalue weighted by atomic mass is 32.2. The lowest BCUT2D eigenvalue weighted by Crippen LogP contribution is -2.48. The van der Waals surface area contributed by atoms with Crippen molar-refractivity contribution in [2.75, 3.05) is 31.1 Å². The highest BCUT2D eigenvalue weighted by Crippen LogP contribution is 2.35. The van der Waals surface area contributed by atoms with Crippen molar-refractivity contribution in [2.45, 2.75) is 30.6 Å². The van der Waals surface area contributed by atoms with Gasteiger partial charge < -0.3 is 9.88 Å². The summed E-state index contributed by atoms with van der Waals surface area (Å²) in [5, 5.41) is 0.305. The Kier molecular flexibility index (Phi) is 7.02. The second-order valence-electron chi connectivity index (χ2n) is 9.40. The van der Waals surface area contributed by atoms with Crippen molar-refractivity contribution >= 4 is 26.6 Å². The summed E-state index contributed by atoms with van der Waals surface area (Å²) in [6.07, 6.45) is 3.46. The molecule has 0 spiro atoms. The fourth-order valence-corrected chi connectivity index (χ4v) is 6.23. The lowest BCUT2D eigenvalue weighted by atomic mass is 9.97. The van der Waals surface area contributed by atoms with Crippen molar-refractivity contribution in [1.82, 2.24) is 14.3 Å². The largest absolute Gasteiger partial charge is 0.369 e. The number of benzene rings is 2. The van der Waals surface area contributed by atoms with Gasteiger partial charge in [0.05, 0.1) is 4.90 Å². The summed E-state index contributed by atoms with van der Waals surface area (Å²) in [6, 6.07) is 16.5. The smallest absolute Gasteiger partial charge is 0.273 e. The Morgan fingerprint density at radius 1 is 0.921 bits per heavy atom. The SMILES string of the molecule is CCC(F)(F)c1cc(=O)[nH]c2ccc(Cc3ccc(S(=O)(=O)N4CCN(c5ccncc5)CC4)cc3)cc12. The zero-order chi connectivity index (χ0) is 26.9. The topological polar surface area (TPSA) is 86.4 Å². The first-order chi connectivity index (χ1) is 18.2. The Morgan fingerprint density at radius 3 is 2.24 bits per heavy atom. The number of aromatic nitrogens is 2. The number of hydrogen-bond acceptors (Lipinski definition) is 5. The van der Waals surface area contributed by atoms with Gasteiger partial charge in [0.1, 0.15) is 0 Å². The standard InChI is InChI=1S/C28H28F2N4O3S/c1-2-28(29,30)25-19-27(35)32-26-8-5-21(18-24(25)26)17-20-3-6-23(7-4-20)38(36,37)34-15-13-33(14-16-34)22-9-11-31-12-10-22/h3-12,18-19H,2,13-17H2,1H3,(H,32,35). The molecular weight excluding hydrogens is 510 g/mol. The van der Waals surface area contributed by atoms with Gasteiger partial charge in [0.25, 0.3) is 5.92 Å². The number of H-pyrrole nitrogens is 1. The van der Waals surface area contributed by atoms with Gasteiger partial charge in [0, 0.05) is 73.2 Å². The molecule has 0 saturated carbocycles. The summed E-state index contributed by atoms with van der Waals surface area (Å²) in [6.45, 7) is 3.33. The second-order valence-corrected chi connectivity index (χ2v) is 11.3. The molecule has 0 unspecified atom stereocenters. The van der Waals surface area contributed by atoms with Gasteiger partial charge in [-0.2, -0.15) is 4.31 Å². The third-order valence-electron chi connectivity index (χ3n) is 6.98. The zero-order valence-electron chi connectivity index (χ0n) is 20.9. The number of halogens is 2. The molecule has 1 N–H and O–H groups in total. The zero-order valence-corrected chi connectivity index (χ0v) is 21.7. The third kappa shape index (κ3) is 5.19. The molecule has 1 fully saturated rings. The van der Waals surface area contributed by atoms with Gasteiger partial charge in [-0.15, -0.1) is 0 Å². The number of rotatable bonds is 7. The van der Waals surface area contributed by atoms with Crippen molar-refractivity contribution < 1.29 is 17.2 Å². The van der Waals surface area contributed by atoms with Crippen molar-refractivity contribution in [3.63, 3.8) is 0 Å². The number of sulfonamides is 1. The predicted octanol–water partition coefficient (Wildman–Crippen LogP) is 4.53. The van der Waals surface area contributed by atoms with Crippen LogP contribution in [0.25, 0.3) is 10.9 Å². The Labute approximate surface area is 219 Å². The van der Waals surface area contributed by atoms with Gasteiger partial charge in [-0.05, 0) is 53.9 Å². The maximum absolute atomic E-state index is 14.6. The summed E-state index contributed by atoms with van der Waals surface area (Å²) in [7, 11) is -3.64. The summed E-state index contributed by atoms with van der Waals surface area (Å²) >= 11 is 0. The summed E-state index contributed by atoms with van der Waals surface area (Å²) < 4.78 is 57.1. The molecule has 4 aromatic rings. The molecule has 2 aromatic carbocycles. The molecule has 198 valence electrons. The molecule has 5 rings (SSSR count). The van der Waals surface area contributed by atoms with Gasteiger partial charge in [-0.1, -0.05) is 25.1 Å².